The standard InChI is InChI=1S/C17H18N2O4/c1-3-12(2)13-6-8-14(9-7-13)15(20)11-23-16-5-4-10-18-17(16)19(21)22/h4-10,12H,3,11H2,1-2H3. The average Bonchev–Trinajstić information content (AvgIpc) is 2.59. The second-order valence-electron chi connectivity index (χ2n) is 5.23. The van der Waals surface area contributed by atoms with Gasteiger partial charge in [0.1, 0.15) is 6.20 Å². The molecule has 0 aliphatic carbocycles. The first-order valence-corrected chi connectivity index (χ1v) is 7.38. The second kappa shape index (κ2) is 7.49. The number of carbonyl (C=O) groups is 1. The molecular formula is C17H18N2O4. The fourth-order valence-electron chi connectivity index (χ4n) is 2.09. The van der Waals surface area contributed by atoms with Crippen LogP contribution >= 0.6 is 0 Å². The maximum atomic E-state index is 12.1. The van der Waals surface area contributed by atoms with Crippen LogP contribution in [0.5, 0.6) is 5.75 Å². The van der Waals surface area contributed by atoms with Crippen LogP contribution in [0.15, 0.2) is 42.6 Å². The topological polar surface area (TPSA) is 82.3 Å². The van der Waals surface area contributed by atoms with Crippen molar-refractivity contribution in [3.05, 3.63) is 63.8 Å². The van der Waals surface area contributed by atoms with E-state index >= 15 is 0 Å². The molecule has 0 amide bonds. The van der Waals surface area contributed by atoms with Crippen molar-refractivity contribution in [2.24, 2.45) is 0 Å². The smallest absolute Gasteiger partial charge is 0.406 e. The first kappa shape index (κ1) is 16.6. The normalized spacial score (nSPS) is 11.7. The number of benzene rings is 1. The summed E-state index contributed by atoms with van der Waals surface area (Å²) in [4.78, 5) is 26.0. The van der Waals surface area contributed by atoms with Crippen LogP contribution in [-0.4, -0.2) is 22.3 Å². The fraction of sp³-hybridized carbons (Fsp3) is 0.294. The molecule has 23 heavy (non-hydrogen) atoms. The molecule has 0 bridgehead atoms. The lowest BCUT2D eigenvalue weighted by Crippen LogP contribution is -2.12. The van der Waals surface area contributed by atoms with Gasteiger partial charge in [0.05, 0.1) is 0 Å². The number of hydrogen-bond donors (Lipinski definition) is 0. The lowest BCUT2D eigenvalue weighted by molar-refractivity contribution is -0.390. The Labute approximate surface area is 134 Å². The molecule has 6 heteroatoms. The van der Waals surface area contributed by atoms with Gasteiger partial charge in [0.2, 0.25) is 5.75 Å². The molecule has 1 aromatic carbocycles. The molecule has 0 N–H and O–H groups in total. The minimum absolute atomic E-state index is 0.0120. The fourth-order valence-corrected chi connectivity index (χ4v) is 2.09. The van der Waals surface area contributed by atoms with Crippen LogP contribution in [-0.2, 0) is 0 Å². The van der Waals surface area contributed by atoms with E-state index in [1.54, 1.807) is 12.1 Å². The number of aromatic nitrogens is 1. The van der Waals surface area contributed by atoms with E-state index in [-0.39, 0.29) is 18.1 Å². The molecule has 1 aromatic heterocycles. The van der Waals surface area contributed by atoms with Crippen molar-refractivity contribution in [1.29, 1.82) is 0 Å². The average molecular weight is 314 g/mol. The third-order valence-corrected chi connectivity index (χ3v) is 3.70. The molecule has 0 radical (unpaired) electrons. The van der Waals surface area contributed by atoms with Gasteiger partial charge < -0.3 is 14.9 Å². The van der Waals surface area contributed by atoms with Gasteiger partial charge in [-0.05, 0) is 39.9 Å². The van der Waals surface area contributed by atoms with Gasteiger partial charge in [-0.3, -0.25) is 4.79 Å². The van der Waals surface area contributed by atoms with Crippen molar-refractivity contribution in [1.82, 2.24) is 4.98 Å². The van der Waals surface area contributed by atoms with Gasteiger partial charge in [0.15, 0.2) is 12.4 Å². The van der Waals surface area contributed by atoms with Gasteiger partial charge in [-0.1, -0.05) is 38.1 Å². The summed E-state index contributed by atoms with van der Waals surface area (Å²) < 4.78 is 5.26. The summed E-state index contributed by atoms with van der Waals surface area (Å²) in [6.07, 6.45) is 2.33. The summed E-state index contributed by atoms with van der Waals surface area (Å²) in [6.45, 7) is 3.97. The first-order valence-electron chi connectivity index (χ1n) is 7.38. The molecule has 1 atom stereocenters. The molecule has 2 aromatic rings. The van der Waals surface area contributed by atoms with E-state index < -0.39 is 10.7 Å². The molecule has 6 nitrogen and oxygen atoms in total. The molecule has 1 heterocycles. The zero-order valence-corrected chi connectivity index (χ0v) is 13.1. The Hall–Kier alpha value is -2.76. The van der Waals surface area contributed by atoms with Crippen LogP contribution in [0.2, 0.25) is 0 Å². The molecule has 2 rings (SSSR count). The summed E-state index contributed by atoms with van der Waals surface area (Å²) in [5, 5.41) is 10.8. The highest BCUT2D eigenvalue weighted by Crippen LogP contribution is 2.23. The van der Waals surface area contributed by atoms with Gasteiger partial charge >= 0.3 is 5.82 Å². The quantitative estimate of drug-likeness (QED) is 0.441. The molecule has 0 spiro atoms. The number of carbonyl (C=O) groups excluding carboxylic acids is 1. The third kappa shape index (κ3) is 4.12. The van der Waals surface area contributed by atoms with E-state index in [1.807, 2.05) is 12.1 Å². The number of nitro groups is 1. The summed E-state index contributed by atoms with van der Waals surface area (Å²) >= 11 is 0. The summed E-state index contributed by atoms with van der Waals surface area (Å²) in [5.74, 6) is -0.207. The Morgan fingerprint density at radius 3 is 2.61 bits per heavy atom. The zero-order valence-electron chi connectivity index (χ0n) is 13.1. The zero-order chi connectivity index (χ0) is 16.8. The summed E-state index contributed by atoms with van der Waals surface area (Å²) in [5.41, 5.74) is 1.69. The predicted molar refractivity (Wildman–Crippen MR) is 85.9 cm³/mol. The third-order valence-electron chi connectivity index (χ3n) is 3.70. The Morgan fingerprint density at radius 2 is 2.00 bits per heavy atom. The maximum absolute atomic E-state index is 12.1. The Morgan fingerprint density at radius 1 is 1.30 bits per heavy atom. The molecule has 120 valence electrons. The summed E-state index contributed by atoms with van der Waals surface area (Å²) in [6, 6.07) is 10.3. The van der Waals surface area contributed by atoms with Crippen molar-refractivity contribution >= 4 is 11.6 Å². The molecule has 0 aliphatic heterocycles. The predicted octanol–water partition coefficient (Wildman–Crippen LogP) is 3.77. The van der Waals surface area contributed by atoms with Crippen molar-refractivity contribution < 1.29 is 14.5 Å². The molecule has 0 fully saturated rings. The minimum atomic E-state index is -0.638. The van der Waals surface area contributed by atoms with Crippen molar-refractivity contribution in [2.75, 3.05) is 6.61 Å². The number of pyridine rings is 1. The van der Waals surface area contributed by atoms with Crippen LogP contribution in [0.3, 0.4) is 0 Å². The van der Waals surface area contributed by atoms with Crippen LogP contribution in [0.1, 0.15) is 42.1 Å². The van der Waals surface area contributed by atoms with Crippen LogP contribution < -0.4 is 4.74 Å². The van der Waals surface area contributed by atoms with E-state index in [9.17, 15) is 14.9 Å². The van der Waals surface area contributed by atoms with Crippen molar-refractivity contribution in [3.8, 4) is 5.75 Å². The highest BCUT2D eigenvalue weighted by atomic mass is 16.6. The largest absolute Gasteiger partial charge is 0.477 e. The minimum Gasteiger partial charge on any atom is -0.477 e. The Bertz CT molecular complexity index is 698. The van der Waals surface area contributed by atoms with Gasteiger partial charge in [-0.15, -0.1) is 0 Å². The first-order chi connectivity index (χ1) is 11.0. The number of ketones is 1. The molecule has 0 saturated carbocycles. The maximum Gasteiger partial charge on any atom is 0.406 e. The van der Waals surface area contributed by atoms with Crippen molar-refractivity contribution in [2.45, 2.75) is 26.2 Å². The molecule has 0 saturated heterocycles. The Balaban J connectivity index is 2.04. The number of nitrogens with zero attached hydrogens (tertiary/aromatic N) is 2. The van der Waals surface area contributed by atoms with Crippen LogP contribution in [0.4, 0.5) is 5.82 Å². The van der Waals surface area contributed by atoms with E-state index in [0.29, 0.717) is 11.5 Å². The van der Waals surface area contributed by atoms with E-state index in [1.165, 1.54) is 23.9 Å². The van der Waals surface area contributed by atoms with Gasteiger partial charge in [-0.2, -0.15) is 0 Å². The SMILES string of the molecule is CCC(C)c1ccc(C(=O)COc2cccnc2[N+](=O)[O-])cc1. The number of rotatable bonds is 7. The number of Topliss-reactive ketones (excluding diaryl/α,β-unsaturated/α-hetero) is 1. The summed E-state index contributed by atoms with van der Waals surface area (Å²) in [7, 11) is 0. The monoisotopic (exact) mass is 314 g/mol. The molecule has 0 aliphatic rings. The van der Waals surface area contributed by atoms with Gasteiger partial charge in [0, 0.05) is 5.56 Å². The lowest BCUT2D eigenvalue weighted by Gasteiger charge is -2.10. The highest BCUT2D eigenvalue weighted by molar-refractivity contribution is 5.97. The van der Waals surface area contributed by atoms with Gasteiger partial charge in [-0.25, -0.2) is 0 Å². The van der Waals surface area contributed by atoms with Crippen LogP contribution in [0.25, 0.3) is 0 Å². The van der Waals surface area contributed by atoms with Crippen molar-refractivity contribution in [3.63, 3.8) is 0 Å². The number of hydrogen-bond acceptors (Lipinski definition) is 5. The van der Waals surface area contributed by atoms with E-state index in [4.69, 9.17) is 4.74 Å². The van der Waals surface area contributed by atoms with E-state index in [2.05, 4.69) is 18.8 Å². The molecular weight excluding hydrogens is 296 g/mol. The Kier molecular flexibility index (Phi) is 5.41. The molecule has 1 unspecified atom stereocenters. The van der Waals surface area contributed by atoms with Crippen LogP contribution in [0, 0.1) is 10.1 Å². The second-order valence-corrected chi connectivity index (χ2v) is 5.23. The highest BCUT2D eigenvalue weighted by Gasteiger charge is 2.17. The van der Waals surface area contributed by atoms with Gasteiger partial charge in [0.25, 0.3) is 0 Å². The van der Waals surface area contributed by atoms with E-state index in [0.717, 1.165) is 6.42 Å². The number of ether oxygens (including phenoxy) is 1. The lowest BCUT2D eigenvalue weighted by atomic mass is 9.97.